The Hall–Kier alpha value is -2.02. The highest BCUT2D eigenvalue weighted by Crippen LogP contribution is 2.36. The highest BCUT2D eigenvalue weighted by atomic mass is 16.7. The number of rotatable bonds is 4. The van der Waals surface area contributed by atoms with E-state index >= 15 is 0 Å². The number of Topliss-reactive ketones (excluding diaryl/α,β-unsaturated/α-hetero) is 1. The van der Waals surface area contributed by atoms with Gasteiger partial charge >= 0.3 is 0 Å². The zero-order valence-corrected chi connectivity index (χ0v) is 10.6. The number of nitrogens with zero attached hydrogens (tertiary/aromatic N) is 1. The smallest absolute Gasteiger partial charge is 0.231 e. The third-order valence-electron chi connectivity index (χ3n) is 3.90. The van der Waals surface area contributed by atoms with Crippen LogP contribution in [0.1, 0.15) is 37.2 Å². The number of fused-ring (bicyclic) bond motifs is 1. The third-order valence-corrected chi connectivity index (χ3v) is 3.90. The van der Waals surface area contributed by atoms with Crippen LogP contribution in [0.15, 0.2) is 18.2 Å². The van der Waals surface area contributed by atoms with Crippen molar-refractivity contribution in [1.29, 1.82) is 5.26 Å². The average Bonchev–Trinajstić information content (AvgIpc) is 2.82. The van der Waals surface area contributed by atoms with Gasteiger partial charge in [-0.25, -0.2) is 0 Å². The lowest BCUT2D eigenvalue weighted by molar-refractivity contribution is -0.120. The predicted molar refractivity (Wildman–Crippen MR) is 67.9 cm³/mol. The minimum atomic E-state index is -0.685. The number of carbonyl (C=O) groups excluding carboxylic acids is 1. The second-order valence-corrected chi connectivity index (χ2v) is 5.14. The predicted octanol–water partition coefficient (Wildman–Crippen LogP) is 2.78. The van der Waals surface area contributed by atoms with E-state index in [1.807, 2.05) is 0 Å². The van der Waals surface area contributed by atoms with E-state index in [4.69, 9.17) is 9.47 Å². The van der Waals surface area contributed by atoms with Crippen LogP contribution < -0.4 is 9.47 Å². The van der Waals surface area contributed by atoms with E-state index < -0.39 is 5.92 Å². The molecule has 1 unspecified atom stereocenters. The van der Waals surface area contributed by atoms with Crippen LogP contribution in [0.25, 0.3) is 0 Å². The van der Waals surface area contributed by atoms with Crippen molar-refractivity contribution in [2.75, 3.05) is 6.79 Å². The minimum absolute atomic E-state index is 0.0195. The topological polar surface area (TPSA) is 59.3 Å². The van der Waals surface area contributed by atoms with Crippen LogP contribution in [0.5, 0.6) is 11.5 Å². The molecule has 1 aliphatic heterocycles. The van der Waals surface area contributed by atoms with Crippen molar-refractivity contribution in [3.8, 4) is 17.6 Å². The molecule has 1 heterocycles. The van der Waals surface area contributed by atoms with E-state index in [9.17, 15) is 10.1 Å². The summed E-state index contributed by atoms with van der Waals surface area (Å²) in [6.45, 7) is 0.200. The van der Waals surface area contributed by atoms with Gasteiger partial charge in [-0.2, -0.15) is 5.26 Å². The Morgan fingerprint density at radius 2 is 2.16 bits per heavy atom. The van der Waals surface area contributed by atoms with Crippen LogP contribution in [0.2, 0.25) is 0 Å². The molecular formula is C15H15NO3. The standard InChI is InChI=1S/C15H15NO3/c16-8-12(13(17)6-10-2-1-3-10)11-4-5-14-15(7-11)19-9-18-14/h4-5,7,10,12H,1-3,6,9H2. The first-order valence-corrected chi connectivity index (χ1v) is 6.60. The first-order valence-electron chi connectivity index (χ1n) is 6.60. The number of hydrogen-bond acceptors (Lipinski definition) is 4. The Morgan fingerprint density at radius 1 is 1.37 bits per heavy atom. The zero-order valence-electron chi connectivity index (χ0n) is 10.6. The van der Waals surface area contributed by atoms with E-state index in [-0.39, 0.29) is 12.6 Å². The molecule has 1 fully saturated rings. The first kappa shape index (κ1) is 12.0. The Labute approximate surface area is 111 Å². The van der Waals surface area contributed by atoms with Gasteiger partial charge in [0.05, 0.1) is 6.07 Å². The molecular weight excluding hydrogens is 242 g/mol. The molecule has 0 bridgehead atoms. The molecule has 1 atom stereocenters. The fraction of sp³-hybridized carbons (Fsp3) is 0.467. The molecule has 0 amide bonds. The van der Waals surface area contributed by atoms with Crippen LogP contribution in [0.4, 0.5) is 0 Å². The molecule has 1 aromatic carbocycles. The number of hydrogen-bond donors (Lipinski definition) is 0. The van der Waals surface area contributed by atoms with Gasteiger partial charge in [-0.15, -0.1) is 0 Å². The number of benzene rings is 1. The summed E-state index contributed by atoms with van der Waals surface area (Å²) >= 11 is 0. The van der Waals surface area contributed by atoms with Gasteiger partial charge in [-0.3, -0.25) is 4.79 Å². The first-order chi connectivity index (χ1) is 9.28. The van der Waals surface area contributed by atoms with Crippen molar-refractivity contribution in [3.63, 3.8) is 0 Å². The molecule has 4 nitrogen and oxygen atoms in total. The summed E-state index contributed by atoms with van der Waals surface area (Å²) < 4.78 is 10.5. The molecule has 0 aromatic heterocycles. The van der Waals surface area contributed by atoms with Gasteiger partial charge in [-0.05, 0) is 23.6 Å². The fourth-order valence-corrected chi connectivity index (χ4v) is 2.52. The molecule has 1 aliphatic carbocycles. The van der Waals surface area contributed by atoms with Crippen LogP contribution >= 0.6 is 0 Å². The molecule has 2 aliphatic rings. The fourth-order valence-electron chi connectivity index (χ4n) is 2.52. The van der Waals surface area contributed by atoms with Crippen LogP contribution in [0, 0.1) is 17.2 Å². The lowest BCUT2D eigenvalue weighted by Gasteiger charge is -2.25. The highest BCUT2D eigenvalue weighted by Gasteiger charge is 2.27. The molecule has 0 spiro atoms. The molecule has 3 rings (SSSR count). The van der Waals surface area contributed by atoms with Crippen LogP contribution in [0.3, 0.4) is 0 Å². The molecule has 98 valence electrons. The lowest BCUT2D eigenvalue weighted by Crippen LogP contribution is -2.20. The van der Waals surface area contributed by atoms with Crippen molar-refractivity contribution >= 4 is 5.78 Å². The second-order valence-electron chi connectivity index (χ2n) is 5.14. The Kier molecular flexibility index (Phi) is 3.12. The SMILES string of the molecule is N#CC(C(=O)CC1CCC1)c1ccc2c(c1)OCO2. The van der Waals surface area contributed by atoms with E-state index in [1.54, 1.807) is 18.2 Å². The van der Waals surface area contributed by atoms with Crippen molar-refractivity contribution in [2.45, 2.75) is 31.6 Å². The van der Waals surface area contributed by atoms with Gasteiger partial charge in [0.15, 0.2) is 17.3 Å². The van der Waals surface area contributed by atoms with Crippen molar-refractivity contribution in [1.82, 2.24) is 0 Å². The summed E-state index contributed by atoms with van der Waals surface area (Å²) in [7, 11) is 0. The summed E-state index contributed by atoms with van der Waals surface area (Å²) in [5, 5.41) is 9.26. The van der Waals surface area contributed by atoms with E-state index in [2.05, 4.69) is 6.07 Å². The monoisotopic (exact) mass is 257 g/mol. The Balaban J connectivity index is 1.77. The lowest BCUT2D eigenvalue weighted by atomic mass is 9.79. The number of ether oxygens (including phenoxy) is 2. The largest absolute Gasteiger partial charge is 0.454 e. The Morgan fingerprint density at radius 3 is 2.84 bits per heavy atom. The maximum atomic E-state index is 12.2. The second kappa shape index (κ2) is 4.93. The quantitative estimate of drug-likeness (QED) is 0.832. The molecule has 19 heavy (non-hydrogen) atoms. The summed E-state index contributed by atoms with van der Waals surface area (Å²) in [5.74, 6) is 1.11. The van der Waals surface area contributed by atoms with E-state index in [0.717, 1.165) is 12.8 Å². The number of nitriles is 1. The van der Waals surface area contributed by atoms with Gasteiger partial charge in [0.1, 0.15) is 5.92 Å². The number of ketones is 1. The maximum Gasteiger partial charge on any atom is 0.231 e. The van der Waals surface area contributed by atoms with Crippen LogP contribution in [-0.4, -0.2) is 12.6 Å². The molecule has 4 heteroatoms. The summed E-state index contributed by atoms with van der Waals surface area (Å²) in [5.41, 5.74) is 0.705. The van der Waals surface area contributed by atoms with Gasteiger partial charge in [-0.1, -0.05) is 25.3 Å². The molecule has 0 saturated heterocycles. The van der Waals surface area contributed by atoms with Crippen LogP contribution in [-0.2, 0) is 4.79 Å². The van der Waals surface area contributed by atoms with Crippen molar-refractivity contribution in [3.05, 3.63) is 23.8 Å². The number of carbonyl (C=O) groups is 1. The normalized spacial score (nSPS) is 18.5. The highest BCUT2D eigenvalue weighted by molar-refractivity contribution is 5.88. The molecule has 1 aromatic rings. The van der Waals surface area contributed by atoms with Crippen molar-refractivity contribution in [2.24, 2.45) is 5.92 Å². The van der Waals surface area contributed by atoms with Gasteiger partial charge in [0, 0.05) is 6.42 Å². The van der Waals surface area contributed by atoms with Gasteiger partial charge in [0.2, 0.25) is 6.79 Å². The zero-order chi connectivity index (χ0) is 13.2. The average molecular weight is 257 g/mol. The van der Waals surface area contributed by atoms with E-state index in [0.29, 0.717) is 29.4 Å². The van der Waals surface area contributed by atoms with Crippen molar-refractivity contribution < 1.29 is 14.3 Å². The summed E-state index contributed by atoms with van der Waals surface area (Å²) in [6, 6.07) is 7.40. The summed E-state index contributed by atoms with van der Waals surface area (Å²) in [6.07, 6.45) is 3.96. The van der Waals surface area contributed by atoms with Gasteiger partial charge in [0.25, 0.3) is 0 Å². The summed E-state index contributed by atoms with van der Waals surface area (Å²) in [4.78, 5) is 12.2. The Bertz CT molecular complexity index is 543. The van der Waals surface area contributed by atoms with E-state index in [1.165, 1.54) is 6.42 Å². The molecule has 0 radical (unpaired) electrons. The molecule has 0 N–H and O–H groups in total. The minimum Gasteiger partial charge on any atom is -0.454 e. The third kappa shape index (κ3) is 2.28. The maximum absolute atomic E-state index is 12.2. The van der Waals surface area contributed by atoms with Gasteiger partial charge < -0.3 is 9.47 Å². The molecule has 1 saturated carbocycles.